The summed E-state index contributed by atoms with van der Waals surface area (Å²) in [4.78, 5) is 0. The van der Waals surface area contributed by atoms with E-state index in [0.717, 1.165) is 4.47 Å². The molecule has 1 rings (SSSR count). The molecule has 0 aliphatic rings. The van der Waals surface area contributed by atoms with Crippen molar-refractivity contribution in [2.45, 2.75) is 26.3 Å². The summed E-state index contributed by atoms with van der Waals surface area (Å²) in [5.41, 5.74) is 0.443. The standard InChI is InChI=1S/C13H21BrN2O3S/c1-10(2)15-7-4-8-20(17,18)16-12-9-11(14)5-6-13(12)19-3/h5-6,9-10,15-16H,4,7-8H2,1-3H3. The molecule has 0 unspecified atom stereocenters. The van der Waals surface area contributed by atoms with Gasteiger partial charge in [0.2, 0.25) is 10.0 Å². The van der Waals surface area contributed by atoms with Crippen molar-refractivity contribution in [1.29, 1.82) is 0 Å². The van der Waals surface area contributed by atoms with Crippen molar-refractivity contribution in [3.05, 3.63) is 22.7 Å². The third-order valence-electron chi connectivity index (χ3n) is 2.57. The van der Waals surface area contributed by atoms with Crippen LogP contribution in [0.1, 0.15) is 20.3 Å². The molecule has 0 bridgehead atoms. The first-order valence-electron chi connectivity index (χ1n) is 6.41. The maximum Gasteiger partial charge on any atom is 0.232 e. The van der Waals surface area contributed by atoms with Crippen molar-refractivity contribution >= 4 is 31.6 Å². The second kappa shape index (κ2) is 7.85. The molecule has 7 heteroatoms. The number of halogens is 1. The van der Waals surface area contributed by atoms with E-state index in [1.165, 1.54) is 7.11 Å². The van der Waals surface area contributed by atoms with E-state index in [4.69, 9.17) is 4.74 Å². The minimum absolute atomic E-state index is 0.0718. The van der Waals surface area contributed by atoms with E-state index in [0.29, 0.717) is 30.4 Å². The lowest BCUT2D eigenvalue weighted by molar-refractivity contribution is 0.417. The molecule has 1 aromatic carbocycles. The fourth-order valence-corrected chi connectivity index (χ4v) is 3.11. The molecule has 0 radical (unpaired) electrons. The molecular weight excluding hydrogens is 344 g/mol. The smallest absolute Gasteiger partial charge is 0.232 e. The van der Waals surface area contributed by atoms with Gasteiger partial charge in [0.1, 0.15) is 5.75 Å². The van der Waals surface area contributed by atoms with Crippen molar-refractivity contribution in [3.63, 3.8) is 0 Å². The van der Waals surface area contributed by atoms with E-state index in [1.54, 1.807) is 18.2 Å². The lowest BCUT2D eigenvalue weighted by Crippen LogP contribution is -2.26. The Hall–Kier alpha value is -0.790. The molecule has 0 aliphatic heterocycles. The summed E-state index contributed by atoms with van der Waals surface area (Å²) in [6.45, 7) is 4.73. The Bertz CT molecular complexity index is 532. The number of nitrogens with one attached hydrogen (secondary N) is 2. The first kappa shape index (κ1) is 17.3. The highest BCUT2D eigenvalue weighted by atomic mass is 79.9. The van der Waals surface area contributed by atoms with Crippen LogP contribution >= 0.6 is 15.9 Å². The summed E-state index contributed by atoms with van der Waals surface area (Å²) in [6.07, 6.45) is 0.559. The Morgan fingerprint density at radius 3 is 2.65 bits per heavy atom. The van der Waals surface area contributed by atoms with Crippen LogP contribution in [-0.4, -0.2) is 33.9 Å². The number of sulfonamides is 1. The molecule has 0 atom stereocenters. The zero-order valence-corrected chi connectivity index (χ0v) is 14.3. The quantitative estimate of drug-likeness (QED) is 0.695. The normalized spacial score (nSPS) is 11.7. The van der Waals surface area contributed by atoms with Crippen molar-refractivity contribution in [3.8, 4) is 5.75 Å². The van der Waals surface area contributed by atoms with Crippen LogP contribution in [0.25, 0.3) is 0 Å². The number of anilines is 1. The van der Waals surface area contributed by atoms with E-state index in [2.05, 4.69) is 26.0 Å². The number of rotatable bonds is 8. The summed E-state index contributed by atoms with van der Waals surface area (Å²) in [7, 11) is -1.87. The van der Waals surface area contributed by atoms with Gasteiger partial charge in [0, 0.05) is 10.5 Å². The third kappa shape index (κ3) is 6.11. The monoisotopic (exact) mass is 364 g/mol. The van der Waals surface area contributed by atoms with Crippen LogP contribution in [0.4, 0.5) is 5.69 Å². The van der Waals surface area contributed by atoms with Gasteiger partial charge in [-0.15, -0.1) is 0 Å². The van der Waals surface area contributed by atoms with Gasteiger partial charge in [0.25, 0.3) is 0 Å². The van der Waals surface area contributed by atoms with Crippen LogP contribution in [-0.2, 0) is 10.0 Å². The summed E-state index contributed by atoms with van der Waals surface area (Å²) < 4.78 is 32.5. The van der Waals surface area contributed by atoms with Crippen LogP contribution < -0.4 is 14.8 Å². The summed E-state index contributed by atoms with van der Waals surface area (Å²) >= 11 is 3.31. The molecule has 0 amide bonds. The highest BCUT2D eigenvalue weighted by molar-refractivity contribution is 9.10. The van der Waals surface area contributed by atoms with Gasteiger partial charge >= 0.3 is 0 Å². The van der Waals surface area contributed by atoms with Gasteiger partial charge in [-0.2, -0.15) is 0 Å². The topological polar surface area (TPSA) is 67.4 Å². The van der Waals surface area contributed by atoms with Gasteiger partial charge < -0.3 is 10.1 Å². The average molecular weight is 365 g/mol. The highest BCUT2D eigenvalue weighted by Crippen LogP contribution is 2.28. The van der Waals surface area contributed by atoms with Crippen LogP contribution in [0, 0.1) is 0 Å². The van der Waals surface area contributed by atoms with Crippen LogP contribution in [0.5, 0.6) is 5.75 Å². The summed E-state index contributed by atoms with van der Waals surface area (Å²) in [5, 5.41) is 3.19. The molecule has 0 aromatic heterocycles. The van der Waals surface area contributed by atoms with Gasteiger partial charge in [-0.3, -0.25) is 4.72 Å². The number of hydrogen-bond acceptors (Lipinski definition) is 4. The Kier molecular flexibility index (Phi) is 6.78. The van der Waals surface area contributed by atoms with Crippen molar-refractivity contribution in [1.82, 2.24) is 5.32 Å². The molecule has 0 aliphatic carbocycles. The Balaban J connectivity index is 2.64. The number of benzene rings is 1. The second-order valence-corrected chi connectivity index (χ2v) is 7.49. The van der Waals surface area contributed by atoms with Gasteiger partial charge in [0.05, 0.1) is 18.6 Å². The fourth-order valence-electron chi connectivity index (χ4n) is 1.63. The lowest BCUT2D eigenvalue weighted by Gasteiger charge is -2.13. The van der Waals surface area contributed by atoms with Crippen LogP contribution in [0.3, 0.4) is 0 Å². The van der Waals surface area contributed by atoms with Gasteiger partial charge in [0.15, 0.2) is 0 Å². The largest absolute Gasteiger partial charge is 0.495 e. The van der Waals surface area contributed by atoms with Crippen LogP contribution in [0.2, 0.25) is 0 Å². The molecule has 0 heterocycles. The molecule has 0 spiro atoms. The maximum absolute atomic E-state index is 12.0. The predicted octanol–water partition coefficient (Wildman–Crippen LogP) is 2.59. The summed E-state index contributed by atoms with van der Waals surface area (Å²) in [5.74, 6) is 0.569. The van der Waals surface area contributed by atoms with Crippen molar-refractivity contribution in [2.75, 3.05) is 24.1 Å². The molecule has 2 N–H and O–H groups in total. The molecule has 0 saturated carbocycles. The molecule has 0 saturated heterocycles. The van der Waals surface area contributed by atoms with E-state index in [9.17, 15) is 8.42 Å². The predicted molar refractivity (Wildman–Crippen MR) is 85.9 cm³/mol. The molecule has 20 heavy (non-hydrogen) atoms. The van der Waals surface area contributed by atoms with Gasteiger partial charge in [-0.25, -0.2) is 8.42 Å². The fraction of sp³-hybridized carbons (Fsp3) is 0.538. The SMILES string of the molecule is COc1ccc(Br)cc1NS(=O)(=O)CCCNC(C)C. The third-order valence-corrected chi connectivity index (χ3v) is 4.42. The van der Waals surface area contributed by atoms with E-state index < -0.39 is 10.0 Å². The van der Waals surface area contributed by atoms with Gasteiger partial charge in [-0.05, 0) is 31.2 Å². The second-order valence-electron chi connectivity index (χ2n) is 4.73. The molecule has 5 nitrogen and oxygen atoms in total. The Morgan fingerprint density at radius 1 is 1.35 bits per heavy atom. The van der Waals surface area contributed by atoms with E-state index in [1.807, 2.05) is 13.8 Å². The zero-order chi connectivity index (χ0) is 15.2. The molecule has 1 aromatic rings. The Labute approximate surface area is 129 Å². The first-order chi connectivity index (χ1) is 9.34. The Morgan fingerprint density at radius 2 is 2.05 bits per heavy atom. The lowest BCUT2D eigenvalue weighted by atomic mass is 10.3. The average Bonchev–Trinajstić information content (AvgIpc) is 2.34. The number of hydrogen-bond donors (Lipinski definition) is 2. The minimum Gasteiger partial charge on any atom is -0.495 e. The minimum atomic E-state index is -3.37. The molecular formula is C13H21BrN2O3S. The van der Waals surface area contributed by atoms with Crippen molar-refractivity contribution in [2.24, 2.45) is 0 Å². The molecule has 114 valence electrons. The number of methoxy groups -OCH3 is 1. The highest BCUT2D eigenvalue weighted by Gasteiger charge is 2.13. The maximum atomic E-state index is 12.0. The van der Waals surface area contributed by atoms with E-state index in [-0.39, 0.29) is 5.75 Å². The number of ether oxygens (including phenoxy) is 1. The van der Waals surface area contributed by atoms with Crippen molar-refractivity contribution < 1.29 is 13.2 Å². The zero-order valence-electron chi connectivity index (χ0n) is 11.9. The van der Waals surface area contributed by atoms with Gasteiger partial charge in [-0.1, -0.05) is 29.8 Å². The van der Waals surface area contributed by atoms with E-state index >= 15 is 0 Å². The first-order valence-corrected chi connectivity index (χ1v) is 8.86. The molecule has 0 fully saturated rings. The summed E-state index contributed by atoms with van der Waals surface area (Å²) in [6, 6.07) is 5.55. The van der Waals surface area contributed by atoms with Crippen LogP contribution in [0.15, 0.2) is 22.7 Å².